The van der Waals surface area contributed by atoms with Crippen LogP contribution in [0.25, 0.3) is 0 Å². The van der Waals surface area contributed by atoms with E-state index in [1.54, 1.807) is 6.20 Å². The third-order valence-corrected chi connectivity index (χ3v) is 3.86. The molecule has 0 bridgehead atoms. The fourth-order valence-electron chi connectivity index (χ4n) is 2.86. The van der Waals surface area contributed by atoms with Gasteiger partial charge in [-0.2, -0.15) is 0 Å². The van der Waals surface area contributed by atoms with Crippen molar-refractivity contribution in [3.63, 3.8) is 0 Å². The number of carbonyl (C=O) groups excluding carboxylic acids is 1. The average molecular weight is 321 g/mol. The summed E-state index contributed by atoms with van der Waals surface area (Å²) in [5.41, 5.74) is 0. The summed E-state index contributed by atoms with van der Waals surface area (Å²) in [6.07, 6.45) is 2.29. The number of hydrogen-bond donors (Lipinski definition) is 1. The first-order valence-corrected chi connectivity index (χ1v) is 8.23. The lowest BCUT2D eigenvalue weighted by atomic mass is 10.1. The molecule has 2 heterocycles. The molecule has 0 aliphatic carbocycles. The van der Waals surface area contributed by atoms with Crippen molar-refractivity contribution in [2.24, 2.45) is 0 Å². The number of aromatic nitrogens is 1. The van der Waals surface area contributed by atoms with Gasteiger partial charge in [-0.3, -0.25) is 0 Å². The summed E-state index contributed by atoms with van der Waals surface area (Å²) in [4.78, 5) is 18.6. The molecule has 1 aromatic heterocycles. The molecule has 0 saturated carbocycles. The molecule has 6 nitrogen and oxygen atoms in total. The summed E-state index contributed by atoms with van der Waals surface area (Å²) in [7, 11) is 0. The highest BCUT2D eigenvalue weighted by Gasteiger charge is 2.31. The molecule has 2 atom stereocenters. The minimum absolute atomic E-state index is 0.0832. The van der Waals surface area contributed by atoms with Gasteiger partial charge in [0.2, 0.25) is 5.88 Å². The minimum Gasteiger partial charge on any atom is -0.472 e. The molecule has 0 radical (unpaired) electrons. The molecule has 6 heteroatoms. The second-order valence-corrected chi connectivity index (χ2v) is 6.34. The number of carbonyl (C=O) groups is 1. The van der Waals surface area contributed by atoms with Crippen molar-refractivity contribution in [3.05, 3.63) is 24.4 Å². The molecule has 0 spiro atoms. The average Bonchev–Trinajstić information content (AvgIpc) is 2.49. The molecular weight excluding hydrogens is 294 g/mol. The van der Waals surface area contributed by atoms with Crippen LogP contribution in [0.2, 0.25) is 0 Å². The number of ether oxygens (including phenoxy) is 2. The van der Waals surface area contributed by atoms with Gasteiger partial charge in [0.1, 0.15) is 6.10 Å². The van der Waals surface area contributed by atoms with Crippen molar-refractivity contribution < 1.29 is 14.3 Å². The van der Waals surface area contributed by atoms with E-state index in [2.05, 4.69) is 10.3 Å². The van der Waals surface area contributed by atoms with Gasteiger partial charge in [-0.15, -0.1) is 0 Å². The van der Waals surface area contributed by atoms with E-state index in [1.165, 1.54) is 0 Å². The lowest BCUT2D eigenvalue weighted by molar-refractivity contribution is -0.00427. The lowest BCUT2D eigenvalue weighted by Gasteiger charge is -2.36. The molecule has 1 aliphatic heterocycles. The molecule has 1 aromatic rings. The van der Waals surface area contributed by atoms with Gasteiger partial charge in [0.15, 0.2) is 0 Å². The van der Waals surface area contributed by atoms with Crippen LogP contribution in [0.1, 0.15) is 34.1 Å². The summed E-state index contributed by atoms with van der Waals surface area (Å²) >= 11 is 0. The third-order valence-electron chi connectivity index (χ3n) is 3.86. The van der Waals surface area contributed by atoms with Crippen molar-refractivity contribution in [2.75, 3.05) is 13.2 Å². The predicted molar refractivity (Wildman–Crippen MR) is 88.5 cm³/mol. The maximum atomic E-state index is 12.6. The second-order valence-electron chi connectivity index (χ2n) is 6.34. The van der Waals surface area contributed by atoms with Crippen molar-refractivity contribution in [2.45, 2.75) is 58.3 Å². The van der Waals surface area contributed by atoms with Gasteiger partial charge < -0.3 is 19.7 Å². The summed E-state index contributed by atoms with van der Waals surface area (Å²) in [6.45, 7) is 9.13. The fraction of sp³-hybridized carbons (Fsp3) is 0.647. The van der Waals surface area contributed by atoms with E-state index in [0.717, 1.165) is 6.42 Å². The molecule has 2 rings (SSSR count). The summed E-state index contributed by atoms with van der Waals surface area (Å²) < 4.78 is 11.5. The van der Waals surface area contributed by atoms with Gasteiger partial charge in [-0.1, -0.05) is 6.07 Å². The van der Waals surface area contributed by atoms with E-state index < -0.39 is 0 Å². The van der Waals surface area contributed by atoms with Crippen LogP contribution >= 0.6 is 0 Å². The number of urea groups is 1. The molecule has 23 heavy (non-hydrogen) atoms. The Morgan fingerprint density at radius 2 is 2.09 bits per heavy atom. The number of hydrogen-bond acceptors (Lipinski definition) is 4. The zero-order valence-corrected chi connectivity index (χ0v) is 14.4. The van der Waals surface area contributed by atoms with Gasteiger partial charge in [0.25, 0.3) is 0 Å². The van der Waals surface area contributed by atoms with Gasteiger partial charge in [0, 0.05) is 30.8 Å². The largest absolute Gasteiger partial charge is 0.472 e. The van der Waals surface area contributed by atoms with E-state index in [0.29, 0.717) is 19.1 Å². The van der Waals surface area contributed by atoms with Crippen LogP contribution in [-0.2, 0) is 4.74 Å². The molecule has 0 aromatic carbocycles. The van der Waals surface area contributed by atoms with Crippen LogP contribution in [0, 0.1) is 0 Å². The Bertz CT molecular complexity index is 485. The number of amides is 2. The van der Waals surface area contributed by atoms with Gasteiger partial charge in [-0.25, -0.2) is 9.78 Å². The molecule has 0 unspecified atom stereocenters. The molecule has 1 saturated heterocycles. The van der Waals surface area contributed by atoms with Crippen LogP contribution in [0.3, 0.4) is 0 Å². The van der Waals surface area contributed by atoms with Crippen LogP contribution in [0.5, 0.6) is 5.88 Å². The third kappa shape index (κ3) is 4.82. The Hall–Kier alpha value is -1.82. The van der Waals surface area contributed by atoms with E-state index >= 15 is 0 Å². The summed E-state index contributed by atoms with van der Waals surface area (Å²) in [5.74, 6) is 0.572. The monoisotopic (exact) mass is 321 g/mol. The van der Waals surface area contributed by atoms with Crippen molar-refractivity contribution in [1.29, 1.82) is 0 Å². The quantitative estimate of drug-likeness (QED) is 0.905. The molecule has 128 valence electrons. The summed E-state index contributed by atoms with van der Waals surface area (Å²) in [5, 5.41) is 3.06. The Labute approximate surface area is 138 Å². The predicted octanol–water partition coefficient (Wildman–Crippen LogP) is 2.45. The van der Waals surface area contributed by atoms with Crippen molar-refractivity contribution >= 4 is 6.03 Å². The SMILES string of the molecule is CC(C)N(C(=O)N[C@@H]1COCC[C@H]1Oc1ccccn1)C(C)C. The zero-order valence-electron chi connectivity index (χ0n) is 14.4. The number of nitrogens with one attached hydrogen (secondary N) is 1. The Morgan fingerprint density at radius 1 is 1.35 bits per heavy atom. The van der Waals surface area contributed by atoms with Gasteiger partial charge in [-0.05, 0) is 33.8 Å². The Morgan fingerprint density at radius 3 is 2.70 bits per heavy atom. The highest BCUT2D eigenvalue weighted by molar-refractivity contribution is 5.75. The zero-order chi connectivity index (χ0) is 16.8. The van der Waals surface area contributed by atoms with Crippen LogP contribution in [-0.4, -0.2) is 53.4 Å². The second kappa shape index (κ2) is 8.15. The van der Waals surface area contributed by atoms with Crippen molar-refractivity contribution in [3.8, 4) is 5.88 Å². The van der Waals surface area contributed by atoms with Gasteiger partial charge in [0.05, 0.1) is 19.3 Å². The minimum atomic E-state index is -0.182. The maximum absolute atomic E-state index is 12.6. The molecule has 1 N–H and O–H groups in total. The Kier molecular flexibility index (Phi) is 6.21. The van der Waals surface area contributed by atoms with E-state index in [4.69, 9.17) is 9.47 Å². The Balaban J connectivity index is 2.02. The highest BCUT2D eigenvalue weighted by atomic mass is 16.5. The van der Waals surface area contributed by atoms with E-state index in [1.807, 2.05) is 50.8 Å². The van der Waals surface area contributed by atoms with Crippen LogP contribution in [0.4, 0.5) is 4.79 Å². The van der Waals surface area contributed by atoms with Crippen molar-refractivity contribution in [1.82, 2.24) is 15.2 Å². The number of rotatable bonds is 5. The van der Waals surface area contributed by atoms with E-state index in [-0.39, 0.29) is 30.3 Å². The maximum Gasteiger partial charge on any atom is 0.318 e. The lowest BCUT2D eigenvalue weighted by Crippen LogP contribution is -2.57. The van der Waals surface area contributed by atoms with E-state index in [9.17, 15) is 4.79 Å². The number of nitrogens with zero attached hydrogens (tertiary/aromatic N) is 2. The fourth-order valence-corrected chi connectivity index (χ4v) is 2.86. The smallest absolute Gasteiger partial charge is 0.318 e. The standard InChI is InChI=1S/C17H27N3O3/c1-12(2)20(13(3)4)17(21)19-14-11-22-10-8-15(14)23-16-7-5-6-9-18-16/h5-7,9,12-15H,8,10-11H2,1-4H3,(H,19,21)/t14-,15-/m1/s1. The van der Waals surface area contributed by atoms with Crippen LogP contribution in [0.15, 0.2) is 24.4 Å². The molecular formula is C17H27N3O3. The molecule has 1 aliphatic rings. The molecule has 1 fully saturated rings. The normalized spacial score (nSPS) is 21.3. The topological polar surface area (TPSA) is 63.7 Å². The number of pyridine rings is 1. The molecule has 2 amide bonds. The first-order chi connectivity index (χ1) is 11.0. The highest BCUT2D eigenvalue weighted by Crippen LogP contribution is 2.17. The van der Waals surface area contributed by atoms with Crippen LogP contribution < -0.4 is 10.1 Å². The first kappa shape index (κ1) is 17.5. The van der Waals surface area contributed by atoms with Gasteiger partial charge >= 0.3 is 6.03 Å². The summed E-state index contributed by atoms with van der Waals surface area (Å²) in [6, 6.07) is 5.55. The first-order valence-electron chi connectivity index (χ1n) is 8.23.